The van der Waals surface area contributed by atoms with Crippen LogP contribution in [0.1, 0.15) is 34.3 Å². The second-order valence-electron chi connectivity index (χ2n) is 9.26. The first kappa shape index (κ1) is 24.3. The van der Waals surface area contributed by atoms with E-state index in [1.807, 2.05) is 71.8 Å². The zero-order valence-electron chi connectivity index (χ0n) is 20.6. The monoisotopic (exact) mass is 487 g/mol. The van der Waals surface area contributed by atoms with Gasteiger partial charge < -0.3 is 24.0 Å². The quantitative estimate of drug-likeness (QED) is 0.448. The Hall–Kier alpha value is -3.42. The topological polar surface area (TPSA) is 64.1 Å². The SMILES string of the molecule is O=C(c1ccc(N2CCOCC2)cc1)N(Cc1ccc(OCC2CCCO2)cc1)Cc1cccnc1. The molecule has 0 aliphatic carbocycles. The number of nitrogens with zero attached hydrogens (tertiary/aromatic N) is 3. The number of anilines is 1. The summed E-state index contributed by atoms with van der Waals surface area (Å²) in [7, 11) is 0. The Bertz CT molecular complexity index is 1090. The molecule has 2 aliphatic heterocycles. The number of amides is 1. The van der Waals surface area contributed by atoms with Crippen LogP contribution in [0.2, 0.25) is 0 Å². The molecule has 2 saturated heterocycles. The molecule has 3 heterocycles. The molecular weight excluding hydrogens is 454 g/mol. The van der Waals surface area contributed by atoms with Crippen LogP contribution < -0.4 is 9.64 Å². The van der Waals surface area contributed by atoms with E-state index in [0.717, 1.165) is 68.3 Å². The number of benzene rings is 2. The number of rotatable bonds is 9. The zero-order valence-corrected chi connectivity index (χ0v) is 20.6. The largest absolute Gasteiger partial charge is 0.491 e. The van der Waals surface area contributed by atoms with Crippen LogP contribution in [0.3, 0.4) is 0 Å². The minimum atomic E-state index is -0.00825. The van der Waals surface area contributed by atoms with Gasteiger partial charge in [0, 0.05) is 56.4 Å². The van der Waals surface area contributed by atoms with Crippen molar-refractivity contribution in [3.05, 3.63) is 89.7 Å². The number of aromatic nitrogens is 1. The molecule has 1 amide bonds. The summed E-state index contributed by atoms with van der Waals surface area (Å²) in [5.41, 5.74) is 3.83. The Labute approximate surface area is 212 Å². The van der Waals surface area contributed by atoms with Crippen molar-refractivity contribution in [1.82, 2.24) is 9.88 Å². The van der Waals surface area contributed by atoms with Gasteiger partial charge in [-0.3, -0.25) is 9.78 Å². The summed E-state index contributed by atoms with van der Waals surface area (Å²) in [5.74, 6) is 0.809. The maximum Gasteiger partial charge on any atom is 0.254 e. The van der Waals surface area contributed by atoms with Gasteiger partial charge >= 0.3 is 0 Å². The highest BCUT2D eigenvalue weighted by molar-refractivity contribution is 5.94. The first-order chi connectivity index (χ1) is 17.7. The minimum Gasteiger partial charge on any atom is -0.491 e. The molecule has 188 valence electrons. The molecule has 3 aromatic rings. The van der Waals surface area contributed by atoms with Crippen molar-refractivity contribution in [2.24, 2.45) is 0 Å². The molecule has 2 fully saturated rings. The van der Waals surface area contributed by atoms with Crippen LogP contribution in [0.5, 0.6) is 5.75 Å². The lowest BCUT2D eigenvalue weighted by atomic mass is 10.1. The van der Waals surface area contributed by atoms with Crippen LogP contribution >= 0.6 is 0 Å². The number of pyridine rings is 1. The standard InChI is InChI=1S/C29H33N3O4/c33-29(25-7-9-26(10-8-25)31-14-17-34-18-15-31)32(21-24-3-1-13-30-19-24)20-23-5-11-27(12-6-23)36-22-28-4-2-16-35-28/h1,3,5-13,19,28H,2,4,14-18,20-22H2. The minimum absolute atomic E-state index is 0.00825. The van der Waals surface area contributed by atoms with Gasteiger partial charge in [-0.05, 0) is 66.4 Å². The molecular formula is C29H33N3O4. The van der Waals surface area contributed by atoms with Crippen molar-refractivity contribution in [3.63, 3.8) is 0 Å². The van der Waals surface area contributed by atoms with E-state index in [-0.39, 0.29) is 12.0 Å². The van der Waals surface area contributed by atoms with Gasteiger partial charge in [0.1, 0.15) is 12.4 Å². The second-order valence-corrected chi connectivity index (χ2v) is 9.26. The maximum absolute atomic E-state index is 13.6. The van der Waals surface area contributed by atoms with Crippen LogP contribution in [0.25, 0.3) is 0 Å². The fourth-order valence-electron chi connectivity index (χ4n) is 4.61. The molecule has 0 radical (unpaired) electrons. The molecule has 1 unspecified atom stereocenters. The fraction of sp³-hybridized carbons (Fsp3) is 0.379. The Morgan fingerprint density at radius 1 is 0.972 bits per heavy atom. The zero-order chi connectivity index (χ0) is 24.6. The van der Waals surface area contributed by atoms with E-state index in [1.54, 1.807) is 6.20 Å². The molecule has 1 aromatic heterocycles. The molecule has 2 aromatic carbocycles. The highest BCUT2D eigenvalue weighted by Crippen LogP contribution is 2.21. The third kappa shape index (κ3) is 6.42. The highest BCUT2D eigenvalue weighted by Gasteiger charge is 2.19. The van der Waals surface area contributed by atoms with Gasteiger partial charge in [0.05, 0.1) is 19.3 Å². The summed E-state index contributed by atoms with van der Waals surface area (Å²) in [4.78, 5) is 22.0. The Kier molecular flexibility index (Phi) is 8.10. The van der Waals surface area contributed by atoms with Crippen molar-refractivity contribution in [2.75, 3.05) is 44.4 Å². The molecule has 7 heteroatoms. The van der Waals surface area contributed by atoms with E-state index in [4.69, 9.17) is 14.2 Å². The lowest BCUT2D eigenvalue weighted by Crippen LogP contribution is -2.36. The number of morpholine rings is 1. The van der Waals surface area contributed by atoms with E-state index in [2.05, 4.69) is 9.88 Å². The van der Waals surface area contributed by atoms with Gasteiger partial charge in [-0.25, -0.2) is 0 Å². The van der Waals surface area contributed by atoms with Crippen molar-refractivity contribution < 1.29 is 19.0 Å². The van der Waals surface area contributed by atoms with Crippen LogP contribution in [0.15, 0.2) is 73.1 Å². The predicted octanol–water partition coefficient (Wildman–Crippen LogP) is 4.32. The molecule has 1 atom stereocenters. The van der Waals surface area contributed by atoms with E-state index in [1.165, 1.54) is 0 Å². The molecule has 0 saturated carbocycles. The molecule has 2 aliphatic rings. The van der Waals surface area contributed by atoms with Gasteiger partial charge in [0.25, 0.3) is 5.91 Å². The van der Waals surface area contributed by atoms with E-state index in [0.29, 0.717) is 25.3 Å². The van der Waals surface area contributed by atoms with Gasteiger partial charge in [-0.15, -0.1) is 0 Å². The maximum atomic E-state index is 13.6. The van der Waals surface area contributed by atoms with Crippen LogP contribution in [0.4, 0.5) is 5.69 Å². The number of hydrogen-bond acceptors (Lipinski definition) is 6. The number of carbonyl (C=O) groups is 1. The van der Waals surface area contributed by atoms with Gasteiger partial charge in [0.2, 0.25) is 0 Å². The smallest absolute Gasteiger partial charge is 0.254 e. The van der Waals surface area contributed by atoms with E-state index in [9.17, 15) is 4.79 Å². The van der Waals surface area contributed by atoms with Crippen molar-refractivity contribution in [3.8, 4) is 5.75 Å². The number of carbonyl (C=O) groups excluding carboxylic acids is 1. The van der Waals surface area contributed by atoms with Crippen LogP contribution in [-0.2, 0) is 22.6 Å². The molecule has 0 N–H and O–H groups in total. The highest BCUT2D eigenvalue weighted by atomic mass is 16.5. The molecule has 0 bridgehead atoms. The summed E-state index contributed by atoms with van der Waals surface area (Å²) < 4.78 is 17.0. The Balaban J connectivity index is 1.27. The van der Waals surface area contributed by atoms with Crippen molar-refractivity contribution in [1.29, 1.82) is 0 Å². The van der Waals surface area contributed by atoms with Crippen molar-refractivity contribution in [2.45, 2.75) is 32.0 Å². The van der Waals surface area contributed by atoms with Crippen molar-refractivity contribution >= 4 is 11.6 Å². The second kappa shape index (κ2) is 12.0. The van der Waals surface area contributed by atoms with Gasteiger partial charge in [-0.1, -0.05) is 18.2 Å². The van der Waals surface area contributed by atoms with Crippen LogP contribution in [-0.4, -0.2) is 61.4 Å². The molecule has 5 rings (SSSR count). The summed E-state index contributed by atoms with van der Waals surface area (Å²) in [6, 6.07) is 19.8. The normalized spacial score (nSPS) is 17.7. The summed E-state index contributed by atoms with van der Waals surface area (Å²) >= 11 is 0. The summed E-state index contributed by atoms with van der Waals surface area (Å²) in [6.07, 6.45) is 5.90. The third-order valence-electron chi connectivity index (χ3n) is 6.63. The molecule has 7 nitrogen and oxygen atoms in total. The number of hydrogen-bond donors (Lipinski definition) is 0. The third-order valence-corrected chi connectivity index (χ3v) is 6.63. The lowest BCUT2D eigenvalue weighted by Gasteiger charge is -2.29. The predicted molar refractivity (Wildman–Crippen MR) is 138 cm³/mol. The molecule has 36 heavy (non-hydrogen) atoms. The lowest BCUT2D eigenvalue weighted by molar-refractivity contribution is 0.0679. The number of ether oxygens (including phenoxy) is 3. The van der Waals surface area contributed by atoms with Gasteiger partial charge in [0.15, 0.2) is 0 Å². The molecule has 0 spiro atoms. The first-order valence-corrected chi connectivity index (χ1v) is 12.7. The van der Waals surface area contributed by atoms with E-state index < -0.39 is 0 Å². The Morgan fingerprint density at radius 2 is 1.75 bits per heavy atom. The average molecular weight is 488 g/mol. The average Bonchev–Trinajstić information content (AvgIpc) is 3.47. The van der Waals surface area contributed by atoms with E-state index >= 15 is 0 Å². The summed E-state index contributed by atoms with van der Waals surface area (Å²) in [5, 5.41) is 0. The summed E-state index contributed by atoms with van der Waals surface area (Å²) in [6.45, 7) is 5.58. The first-order valence-electron chi connectivity index (χ1n) is 12.7. The van der Waals surface area contributed by atoms with Crippen LogP contribution in [0, 0.1) is 0 Å². The van der Waals surface area contributed by atoms with Gasteiger partial charge in [-0.2, -0.15) is 0 Å². The fourth-order valence-corrected chi connectivity index (χ4v) is 4.61. The Morgan fingerprint density at radius 3 is 2.44 bits per heavy atom.